The third kappa shape index (κ3) is 2.73. The molecule has 2 heterocycles. The molecule has 7 heteroatoms. The highest BCUT2D eigenvalue weighted by Crippen LogP contribution is 2.10. The fourth-order valence-corrected chi connectivity index (χ4v) is 2.86. The summed E-state index contributed by atoms with van der Waals surface area (Å²) < 4.78 is 25.9. The van der Waals surface area contributed by atoms with Crippen LogP contribution in [0.1, 0.15) is 10.4 Å². The van der Waals surface area contributed by atoms with Crippen molar-refractivity contribution in [2.24, 2.45) is 7.05 Å². The predicted molar refractivity (Wildman–Crippen MR) is 67.7 cm³/mol. The summed E-state index contributed by atoms with van der Waals surface area (Å²) in [4.78, 5) is 13.8. The summed E-state index contributed by atoms with van der Waals surface area (Å²) in [5.74, 6) is -0.0382. The Morgan fingerprint density at radius 1 is 1.22 bits per heavy atom. The molecule has 0 saturated carbocycles. The Balaban J connectivity index is 2.00. The van der Waals surface area contributed by atoms with Gasteiger partial charge in [-0.1, -0.05) is 0 Å². The van der Waals surface area contributed by atoms with Crippen molar-refractivity contribution in [1.82, 2.24) is 13.8 Å². The van der Waals surface area contributed by atoms with Crippen molar-refractivity contribution in [3.8, 4) is 0 Å². The van der Waals surface area contributed by atoms with Crippen molar-refractivity contribution in [3.05, 3.63) is 24.0 Å². The number of sulfonamides is 1. The standard InChI is InChI=1S/C11H17N3O3S/c1-12-4-3-10(9-12)11(15)13-5-7-14(8-6-13)18(2,16)17/h3-4,9H,5-8H2,1-2H3. The summed E-state index contributed by atoms with van der Waals surface area (Å²) in [5, 5.41) is 0. The first-order chi connectivity index (χ1) is 8.38. The molecule has 0 bridgehead atoms. The number of aryl methyl sites for hydroxylation is 1. The molecular weight excluding hydrogens is 254 g/mol. The summed E-state index contributed by atoms with van der Waals surface area (Å²) >= 11 is 0. The second-order valence-corrected chi connectivity index (χ2v) is 6.50. The third-order valence-corrected chi connectivity index (χ3v) is 4.38. The molecule has 1 aliphatic heterocycles. The normalized spacial score (nSPS) is 18.0. The van der Waals surface area contributed by atoms with E-state index in [0.29, 0.717) is 31.7 Å². The number of hydrogen-bond acceptors (Lipinski definition) is 3. The van der Waals surface area contributed by atoms with E-state index in [9.17, 15) is 13.2 Å². The summed E-state index contributed by atoms with van der Waals surface area (Å²) in [6, 6.07) is 1.77. The second kappa shape index (κ2) is 4.74. The number of carbonyl (C=O) groups excluding carboxylic acids is 1. The van der Waals surface area contributed by atoms with Crippen LogP contribution in [0.4, 0.5) is 0 Å². The molecule has 0 aliphatic carbocycles. The van der Waals surface area contributed by atoms with Crippen LogP contribution in [0.2, 0.25) is 0 Å². The molecule has 6 nitrogen and oxygen atoms in total. The van der Waals surface area contributed by atoms with E-state index in [2.05, 4.69) is 0 Å². The van der Waals surface area contributed by atoms with Crippen LogP contribution < -0.4 is 0 Å². The zero-order chi connectivity index (χ0) is 13.3. The maximum atomic E-state index is 12.1. The molecule has 100 valence electrons. The molecule has 1 amide bonds. The molecule has 18 heavy (non-hydrogen) atoms. The molecule has 0 N–H and O–H groups in total. The van der Waals surface area contributed by atoms with Crippen LogP contribution in [0.15, 0.2) is 18.5 Å². The van der Waals surface area contributed by atoms with Gasteiger partial charge >= 0.3 is 0 Å². The number of nitrogens with zero attached hydrogens (tertiary/aromatic N) is 3. The van der Waals surface area contributed by atoms with Gasteiger partial charge in [-0.3, -0.25) is 4.79 Å². The second-order valence-electron chi connectivity index (χ2n) is 4.52. The molecular formula is C11H17N3O3S. The van der Waals surface area contributed by atoms with Gasteiger partial charge in [0.25, 0.3) is 5.91 Å². The lowest BCUT2D eigenvalue weighted by Crippen LogP contribution is -2.50. The van der Waals surface area contributed by atoms with E-state index >= 15 is 0 Å². The zero-order valence-corrected chi connectivity index (χ0v) is 11.4. The largest absolute Gasteiger partial charge is 0.356 e. The zero-order valence-electron chi connectivity index (χ0n) is 10.5. The van der Waals surface area contributed by atoms with Gasteiger partial charge in [0.1, 0.15) is 0 Å². The Morgan fingerprint density at radius 3 is 2.28 bits per heavy atom. The number of rotatable bonds is 2. The van der Waals surface area contributed by atoms with Crippen LogP contribution >= 0.6 is 0 Å². The number of carbonyl (C=O) groups is 1. The first-order valence-electron chi connectivity index (χ1n) is 5.74. The Labute approximate surface area is 107 Å². The lowest BCUT2D eigenvalue weighted by atomic mass is 10.2. The Hall–Kier alpha value is -1.34. The molecule has 2 rings (SSSR count). The van der Waals surface area contributed by atoms with Gasteiger partial charge < -0.3 is 9.47 Å². The average Bonchev–Trinajstić information content (AvgIpc) is 2.74. The molecule has 0 aromatic carbocycles. The van der Waals surface area contributed by atoms with E-state index in [1.54, 1.807) is 17.2 Å². The van der Waals surface area contributed by atoms with E-state index in [0.717, 1.165) is 0 Å². The quantitative estimate of drug-likeness (QED) is 0.744. The van der Waals surface area contributed by atoms with Crippen molar-refractivity contribution in [1.29, 1.82) is 0 Å². The van der Waals surface area contributed by atoms with Gasteiger partial charge in [-0.2, -0.15) is 4.31 Å². The molecule has 1 aromatic heterocycles. The monoisotopic (exact) mass is 271 g/mol. The molecule has 0 unspecified atom stereocenters. The molecule has 1 saturated heterocycles. The van der Waals surface area contributed by atoms with E-state index in [1.165, 1.54) is 10.6 Å². The highest BCUT2D eigenvalue weighted by Gasteiger charge is 2.26. The number of aromatic nitrogens is 1. The number of piperazine rings is 1. The van der Waals surface area contributed by atoms with Gasteiger partial charge in [-0.15, -0.1) is 0 Å². The predicted octanol–water partition coefficient (Wildman–Crippen LogP) is -0.257. The Kier molecular flexibility index (Phi) is 3.45. The van der Waals surface area contributed by atoms with Crippen LogP contribution in [-0.4, -0.2) is 60.5 Å². The van der Waals surface area contributed by atoms with Crippen molar-refractivity contribution in [2.45, 2.75) is 0 Å². The van der Waals surface area contributed by atoms with Gasteiger partial charge in [0.15, 0.2) is 0 Å². The fourth-order valence-electron chi connectivity index (χ4n) is 2.04. The minimum Gasteiger partial charge on any atom is -0.356 e. The molecule has 1 aliphatic rings. The highest BCUT2D eigenvalue weighted by molar-refractivity contribution is 7.88. The maximum absolute atomic E-state index is 12.1. The van der Waals surface area contributed by atoms with Crippen molar-refractivity contribution in [3.63, 3.8) is 0 Å². The van der Waals surface area contributed by atoms with Gasteiger partial charge in [0.05, 0.1) is 11.8 Å². The smallest absolute Gasteiger partial charge is 0.255 e. The van der Waals surface area contributed by atoms with Gasteiger partial charge in [-0.25, -0.2) is 8.42 Å². The van der Waals surface area contributed by atoms with Crippen molar-refractivity contribution in [2.75, 3.05) is 32.4 Å². The van der Waals surface area contributed by atoms with Crippen LogP contribution in [0, 0.1) is 0 Å². The third-order valence-electron chi connectivity index (χ3n) is 3.07. The van der Waals surface area contributed by atoms with Gasteiger partial charge in [0.2, 0.25) is 10.0 Å². The van der Waals surface area contributed by atoms with Crippen LogP contribution in [0.3, 0.4) is 0 Å². The maximum Gasteiger partial charge on any atom is 0.255 e. The van der Waals surface area contributed by atoms with E-state index in [4.69, 9.17) is 0 Å². The summed E-state index contributed by atoms with van der Waals surface area (Å²) in [5.41, 5.74) is 0.644. The minimum absolute atomic E-state index is 0.0382. The van der Waals surface area contributed by atoms with Gasteiger partial charge in [-0.05, 0) is 6.07 Å². The topological polar surface area (TPSA) is 62.6 Å². The minimum atomic E-state index is -3.14. The first-order valence-corrected chi connectivity index (χ1v) is 7.59. The number of hydrogen-bond donors (Lipinski definition) is 0. The van der Waals surface area contributed by atoms with Crippen LogP contribution in [-0.2, 0) is 17.1 Å². The highest BCUT2D eigenvalue weighted by atomic mass is 32.2. The van der Waals surface area contributed by atoms with E-state index in [1.807, 2.05) is 17.8 Å². The Morgan fingerprint density at radius 2 is 1.83 bits per heavy atom. The molecule has 1 aromatic rings. The fraction of sp³-hybridized carbons (Fsp3) is 0.545. The summed E-state index contributed by atoms with van der Waals surface area (Å²) in [6.07, 6.45) is 4.78. The van der Waals surface area contributed by atoms with Crippen molar-refractivity contribution >= 4 is 15.9 Å². The number of amides is 1. The summed E-state index contributed by atoms with van der Waals surface area (Å²) in [7, 11) is -1.28. The SMILES string of the molecule is Cn1ccc(C(=O)N2CCN(S(C)(=O)=O)CC2)c1. The van der Waals surface area contributed by atoms with Crippen molar-refractivity contribution < 1.29 is 13.2 Å². The molecule has 0 atom stereocenters. The Bertz CT molecular complexity index is 542. The van der Waals surface area contributed by atoms with Crippen LogP contribution in [0.25, 0.3) is 0 Å². The lowest BCUT2D eigenvalue weighted by molar-refractivity contribution is 0.0698. The van der Waals surface area contributed by atoms with E-state index in [-0.39, 0.29) is 5.91 Å². The van der Waals surface area contributed by atoms with Gasteiger partial charge in [0, 0.05) is 45.6 Å². The molecule has 1 fully saturated rings. The average molecular weight is 271 g/mol. The van der Waals surface area contributed by atoms with E-state index < -0.39 is 10.0 Å². The first kappa shape index (κ1) is 13.1. The lowest BCUT2D eigenvalue weighted by Gasteiger charge is -2.33. The summed E-state index contributed by atoms with van der Waals surface area (Å²) in [6.45, 7) is 1.64. The molecule has 0 radical (unpaired) electrons. The van der Waals surface area contributed by atoms with Crippen LogP contribution in [0.5, 0.6) is 0 Å². The molecule has 0 spiro atoms.